The fraction of sp³-hybridized carbons (Fsp3) is 0.960. The minimum absolute atomic E-state index is 0.187. The second-order valence-corrected chi connectivity index (χ2v) is 9.79. The van der Waals surface area contributed by atoms with Crippen LogP contribution in [0, 0.1) is 0 Å². The molecule has 192 valence electrons. The van der Waals surface area contributed by atoms with Gasteiger partial charge in [0, 0.05) is 6.92 Å². The number of ether oxygens (including phenoxy) is 1. The molecule has 0 aliphatic heterocycles. The van der Waals surface area contributed by atoms with E-state index in [0.29, 0.717) is 6.61 Å². The SMILES string of the molecule is CCCCCCCCCCCCCCCCCC(COP(O)OCCCNC)OC(C)=O. The highest BCUT2D eigenvalue weighted by Gasteiger charge is 2.16. The number of hydrogen-bond donors (Lipinski definition) is 2. The van der Waals surface area contributed by atoms with Crippen molar-refractivity contribution >= 4 is 14.6 Å². The molecule has 0 saturated carbocycles. The van der Waals surface area contributed by atoms with Crippen LogP contribution in [0.4, 0.5) is 0 Å². The quantitative estimate of drug-likeness (QED) is 0.0834. The van der Waals surface area contributed by atoms with Gasteiger partial charge in [-0.15, -0.1) is 0 Å². The number of rotatable bonds is 25. The molecule has 0 heterocycles. The zero-order valence-electron chi connectivity index (χ0n) is 21.2. The first-order chi connectivity index (χ1) is 15.6. The van der Waals surface area contributed by atoms with Crippen molar-refractivity contribution in [2.75, 3.05) is 26.8 Å². The highest BCUT2D eigenvalue weighted by Crippen LogP contribution is 2.33. The molecule has 2 N–H and O–H groups in total. The third-order valence-corrected chi connectivity index (χ3v) is 6.38. The number of unbranched alkanes of at least 4 members (excludes halogenated alkanes) is 14. The Hall–Kier alpha value is -0.260. The molecule has 32 heavy (non-hydrogen) atoms. The van der Waals surface area contributed by atoms with Gasteiger partial charge in [-0.2, -0.15) is 0 Å². The second-order valence-electron chi connectivity index (χ2n) is 8.79. The van der Waals surface area contributed by atoms with E-state index >= 15 is 0 Å². The van der Waals surface area contributed by atoms with Gasteiger partial charge in [-0.25, -0.2) is 0 Å². The van der Waals surface area contributed by atoms with Gasteiger partial charge in [0.15, 0.2) is 0 Å². The molecule has 0 amide bonds. The maximum Gasteiger partial charge on any atom is 0.329 e. The zero-order valence-corrected chi connectivity index (χ0v) is 22.1. The number of carbonyl (C=O) groups excluding carboxylic acids is 1. The van der Waals surface area contributed by atoms with Crippen molar-refractivity contribution in [1.82, 2.24) is 5.32 Å². The Balaban J connectivity index is 3.59. The van der Waals surface area contributed by atoms with Crippen molar-refractivity contribution in [3.8, 4) is 0 Å². The maximum absolute atomic E-state index is 11.3. The smallest absolute Gasteiger partial charge is 0.329 e. The van der Waals surface area contributed by atoms with E-state index in [1.54, 1.807) is 0 Å². The normalized spacial score (nSPS) is 13.2. The highest BCUT2D eigenvalue weighted by molar-refractivity contribution is 7.40. The van der Waals surface area contributed by atoms with E-state index in [0.717, 1.165) is 32.2 Å². The molecule has 0 aliphatic rings. The number of esters is 1. The Morgan fingerprint density at radius 2 is 1.31 bits per heavy atom. The topological polar surface area (TPSA) is 77.0 Å². The van der Waals surface area contributed by atoms with Gasteiger partial charge >= 0.3 is 14.6 Å². The molecule has 0 fully saturated rings. The average molecular weight is 478 g/mol. The summed E-state index contributed by atoms with van der Waals surface area (Å²) in [6.45, 7) is 5.15. The van der Waals surface area contributed by atoms with Gasteiger partial charge in [-0.1, -0.05) is 96.8 Å². The van der Waals surface area contributed by atoms with Crippen LogP contribution in [0.1, 0.15) is 123 Å². The Morgan fingerprint density at radius 1 is 0.812 bits per heavy atom. The Labute approximate surface area is 199 Å². The Bertz CT molecular complexity index is 401. The van der Waals surface area contributed by atoms with Gasteiger partial charge < -0.3 is 24.0 Å². The van der Waals surface area contributed by atoms with E-state index in [1.165, 1.54) is 90.4 Å². The molecule has 0 spiro atoms. The highest BCUT2D eigenvalue weighted by atomic mass is 31.2. The van der Waals surface area contributed by atoms with Crippen LogP contribution >= 0.6 is 8.60 Å². The maximum atomic E-state index is 11.3. The van der Waals surface area contributed by atoms with Crippen LogP contribution in [-0.4, -0.2) is 43.8 Å². The summed E-state index contributed by atoms with van der Waals surface area (Å²) in [6, 6.07) is 0. The van der Waals surface area contributed by atoms with Crippen molar-refractivity contribution in [2.45, 2.75) is 129 Å². The van der Waals surface area contributed by atoms with Gasteiger partial charge in [0.2, 0.25) is 0 Å². The van der Waals surface area contributed by atoms with E-state index in [9.17, 15) is 9.69 Å². The summed E-state index contributed by atoms with van der Waals surface area (Å²) in [4.78, 5) is 21.1. The molecule has 0 aliphatic carbocycles. The van der Waals surface area contributed by atoms with Gasteiger partial charge in [-0.3, -0.25) is 4.79 Å². The largest absolute Gasteiger partial charge is 0.460 e. The van der Waals surface area contributed by atoms with Crippen LogP contribution in [-0.2, 0) is 18.6 Å². The molecular weight excluding hydrogens is 425 g/mol. The minimum atomic E-state index is -1.91. The first-order valence-electron chi connectivity index (χ1n) is 13.2. The third kappa shape index (κ3) is 24.4. The Morgan fingerprint density at radius 3 is 1.78 bits per heavy atom. The molecule has 7 heteroatoms. The fourth-order valence-electron chi connectivity index (χ4n) is 3.73. The lowest BCUT2D eigenvalue weighted by Crippen LogP contribution is -2.21. The third-order valence-electron chi connectivity index (χ3n) is 5.61. The molecule has 2 unspecified atom stereocenters. The second kappa shape index (κ2) is 25.4. The van der Waals surface area contributed by atoms with Crippen molar-refractivity contribution in [2.24, 2.45) is 0 Å². The lowest BCUT2D eigenvalue weighted by atomic mass is 10.0. The average Bonchev–Trinajstić information content (AvgIpc) is 2.77. The van der Waals surface area contributed by atoms with Gasteiger partial charge in [-0.05, 0) is 32.9 Å². The molecular formula is C25H52NO5P. The molecule has 0 aromatic heterocycles. The zero-order chi connectivity index (χ0) is 23.7. The molecule has 0 aromatic carbocycles. The standard InChI is InChI=1S/C25H52NO5P/c1-4-5-6-7-8-9-10-11-12-13-14-15-16-17-18-20-25(31-24(2)27)23-30-32(28)29-22-19-21-26-3/h25-26,28H,4-23H2,1-3H3. The number of nitrogens with one attached hydrogen (secondary N) is 1. The monoisotopic (exact) mass is 477 g/mol. The van der Waals surface area contributed by atoms with Crippen molar-refractivity contribution in [1.29, 1.82) is 0 Å². The summed E-state index contributed by atoms with van der Waals surface area (Å²) in [5, 5.41) is 3.02. The minimum Gasteiger partial charge on any atom is -0.460 e. The van der Waals surface area contributed by atoms with Crippen LogP contribution in [0.15, 0.2) is 0 Å². The van der Waals surface area contributed by atoms with E-state index in [-0.39, 0.29) is 18.7 Å². The number of carbonyl (C=O) groups is 1. The number of hydrogen-bond acceptors (Lipinski definition) is 6. The summed E-state index contributed by atoms with van der Waals surface area (Å²) < 4.78 is 15.9. The van der Waals surface area contributed by atoms with Crippen LogP contribution < -0.4 is 5.32 Å². The summed E-state index contributed by atoms with van der Waals surface area (Å²) in [6.07, 6.45) is 21.2. The lowest BCUT2D eigenvalue weighted by Gasteiger charge is -2.18. The van der Waals surface area contributed by atoms with Crippen molar-refractivity contribution in [3.63, 3.8) is 0 Å². The predicted octanol–water partition coefficient (Wildman–Crippen LogP) is 7.04. The van der Waals surface area contributed by atoms with E-state index in [2.05, 4.69) is 12.2 Å². The van der Waals surface area contributed by atoms with Crippen molar-refractivity contribution < 1.29 is 23.5 Å². The van der Waals surface area contributed by atoms with E-state index in [1.807, 2.05) is 7.05 Å². The van der Waals surface area contributed by atoms with Crippen LogP contribution in [0.2, 0.25) is 0 Å². The summed E-state index contributed by atoms with van der Waals surface area (Å²) in [7, 11) is -0.0373. The first-order valence-corrected chi connectivity index (χ1v) is 14.3. The first kappa shape index (κ1) is 31.7. The predicted molar refractivity (Wildman–Crippen MR) is 135 cm³/mol. The molecule has 0 aromatic rings. The van der Waals surface area contributed by atoms with Crippen LogP contribution in [0.3, 0.4) is 0 Å². The Kier molecular flexibility index (Phi) is 25.2. The summed E-state index contributed by atoms with van der Waals surface area (Å²) in [5.41, 5.74) is 0. The molecule has 6 nitrogen and oxygen atoms in total. The molecule has 0 rings (SSSR count). The molecule has 0 radical (unpaired) electrons. The lowest BCUT2D eigenvalue weighted by molar-refractivity contribution is -0.148. The fourth-order valence-corrected chi connectivity index (χ4v) is 4.38. The van der Waals surface area contributed by atoms with Gasteiger partial charge in [0.1, 0.15) is 6.10 Å². The van der Waals surface area contributed by atoms with Crippen LogP contribution in [0.25, 0.3) is 0 Å². The van der Waals surface area contributed by atoms with Gasteiger partial charge in [0.05, 0.1) is 13.2 Å². The van der Waals surface area contributed by atoms with Crippen LogP contribution in [0.5, 0.6) is 0 Å². The van der Waals surface area contributed by atoms with Crippen molar-refractivity contribution in [3.05, 3.63) is 0 Å². The molecule has 0 saturated heterocycles. The van der Waals surface area contributed by atoms with E-state index in [4.69, 9.17) is 13.8 Å². The summed E-state index contributed by atoms with van der Waals surface area (Å²) >= 11 is 0. The van der Waals surface area contributed by atoms with Gasteiger partial charge in [0.25, 0.3) is 0 Å². The van der Waals surface area contributed by atoms with E-state index < -0.39 is 8.60 Å². The molecule has 2 atom stereocenters. The molecule has 0 bridgehead atoms. The summed E-state index contributed by atoms with van der Waals surface area (Å²) in [5.74, 6) is -0.309.